The van der Waals surface area contributed by atoms with Crippen LogP contribution in [0.25, 0.3) is 11.5 Å². The van der Waals surface area contributed by atoms with Crippen molar-refractivity contribution < 1.29 is 9.26 Å². The Hall–Kier alpha value is -1.79. The highest BCUT2D eigenvalue weighted by Gasteiger charge is 2.21. The van der Waals surface area contributed by atoms with Gasteiger partial charge in [0, 0.05) is 24.5 Å². The lowest BCUT2D eigenvalue weighted by molar-refractivity contribution is 0.0734. The monoisotopic (exact) mass is 232 g/mol. The Morgan fingerprint density at radius 1 is 1.29 bits per heavy atom. The molecule has 0 spiro atoms. The van der Waals surface area contributed by atoms with E-state index in [0.717, 1.165) is 18.7 Å². The molecule has 0 aliphatic carbocycles. The van der Waals surface area contributed by atoms with Crippen molar-refractivity contribution in [3.05, 3.63) is 30.4 Å². The maximum absolute atomic E-state index is 5.36. The summed E-state index contributed by atoms with van der Waals surface area (Å²) in [5.41, 5.74) is 0.871. The number of hydrogen-bond donors (Lipinski definition) is 1. The average Bonchev–Trinajstić information content (AvgIpc) is 2.90. The van der Waals surface area contributed by atoms with Crippen molar-refractivity contribution >= 4 is 0 Å². The van der Waals surface area contributed by atoms with E-state index in [-0.39, 0.29) is 6.04 Å². The zero-order chi connectivity index (χ0) is 11.5. The Kier molecular flexibility index (Phi) is 2.81. The molecule has 17 heavy (non-hydrogen) atoms. The third-order valence-electron chi connectivity index (χ3n) is 2.60. The normalized spacial score (nSPS) is 20.4. The molecular formula is C11H12N4O2. The minimum atomic E-state index is 0.0167. The van der Waals surface area contributed by atoms with Crippen LogP contribution in [0.4, 0.5) is 0 Å². The van der Waals surface area contributed by atoms with Gasteiger partial charge in [0.05, 0.1) is 19.3 Å². The largest absolute Gasteiger partial charge is 0.378 e. The number of rotatable bonds is 2. The number of ether oxygens (including phenoxy) is 1. The molecule has 88 valence electrons. The highest BCUT2D eigenvalue weighted by atomic mass is 16.5. The van der Waals surface area contributed by atoms with E-state index < -0.39 is 0 Å². The second kappa shape index (κ2) is 4.60. The van der Waals surface area contributed by atoms with Crippen molar-refractivity contribution in [2.45, 2.75) is 6.04 Å². The summed E-state index contributed by atoms with van der Waals surface area (Å²) in [5, 5.41) is 7.25. The maximum Gasteiger partial charge on any atom is 0.258 e. The maximum atomic E-state index is 5.36. The van der Waals surface area contributed by atoms with Crippen LogP contribution in [-0.2, 0) is 4.74 Å². The van der Waals surface area contributed by atoms with Gasteiger partial charge in [-0.3, -0.25) is 4.98 Å². The van der Waals surface area contributed by atoms with Gasteiger partial charge in [-0.1, -0.05) is 5.16 Å². The van der Waals surface area contributed by atoms with E-state index in [2.05, 4.69) is 20.4 Å². The molecule has 1 aliphatic heterocycles. The molecule has 1 aliphatic rings. The molecule has 1 atom stereocenters. The SMILES string of the molecule is c1cc(-c2nc(C3COCCN3)no2)ccn1. The first-order chi connectivity index (χ1) is 8.43. The second-order valence-corrected chi connectivity index (χ2v) is 3.78. The van der Waals surface area contributed by atoms with E-state index in [1.807, 2.05) is 12.1 Å². The van der Waals surface area contributed by atoms with E-state index in [1.54, 1.807) is 12.4 Å². The van der Waals surface area contributed by atoms with Crippen LogP contribution >= 0.6 is 0 Å². The average molecular weight is 232 g/mol. The van der Waals surface area contributed by atoms with Crippen LogP contribution in [0, 0.1) is 0 Å². The van der Waals surface area contributed by atoms with Crippen molar-refractivity contribution in [3.63, 3.8) is 0 Å². The molecule has 1 saturated heterocycles. The molecule has 1 unspecified atom stereocenters. The molecule has 0 bridgehead atoms. The van der Waals surface area contributed by atoms with Crippen LogP contribution in [-0.4, -0.2) is 34.9 Å². The Morgan fingerprint density at radius 3 is 2.94 bits per heavy atom. The highest BCUT2D eigenvalue weighted by molar-refractivity contribution is 5.51. The number of hydrogen-bond acceptors (Lipinski definition) is 6. The zero-order valence-corrected chi connectivity index (χ0v) is 9.17. The first kappa shape index (κ1) is 10.4. The van der Waals surface area contributed by atoms with Gasteiger partial charge in [0.25, 0.3) is 5.89 Å². The molecule has 2 aromatic heterocycles. The second-order valence-electron chi connectivity index (χ2n) is 3.78. The number of pyridine rings is 1. The number of nitrogens with zero attached hydrogens (tertiary/aromatic N) is 3. The zero-order valence-electron chi connectivity index (χ0n) is 9.17. The van der Waals surface area contributed by atoms with Crippen LogP contribution in [0.2, 0.25) is 0 Å². The number of morpholine rings is 1. The van der Waals surface area contributed by atoms with Gasteiger partial charge in [-0.25, -0.2) is 0 Å². The van der Waals surface area contributed by atoms with E-state index in [1.165, 1.54) is 0 Å². The summed E-state index contributed by atoms with van der Waals surface area (Å²) >= 11 is 0. The summed E-state index contributed by atoms with van der Waals surface area (Å²) in [6, 6.07) is 3.69. The Balaban J connectivity index is 1.83. The van der Waals surface area contributed by atoms with E-state index in [4.69, 9.17) is 9.26 Å². The Labute approximate surface area is 98.0 Å². The molecule has 3 heterocycles. The van der Waals surface area contributed by atoms with Crippen LogP contribution in [0.1, 0.15) is 11.9 Å². The van der Waals surface area contributed by atoms with Crippen LogP contribution in [0.3, 0.4) is 0 Å². The van der Waals surface area contributed by atoms with Crippen molar-refractivity contribution in [1.29, 1.82) is 0 Å². The molecule has 6 nitrogen and oxygen atoms in total. The van der Waals surface area contributed by atoms with Gasteiger partial charge in [0.15, 0.2) is 5.82 Å². The summed E-state index contributed by atoms with van der Waals surface area (Å²) in [7, 11) is 0. The summed E-state index contributed by atoms with van der Waals surface area (Å²) in [6.07, 6.45) is 3.39. The molecule has 0 aromatic carbocycles. The van der Waals surface area contributed by atoms with E-state index in [0.29, 0.717) is 18.3 Å². The molecule has 0 radical (unpaired) electrons. The van der Waals surface area contributed by atoms with E-state index >= 15 is 0 Å². The Bertz CT molecular complexity index is 479. The topological polar surface area (TPSA) is 73.1 Å². The van der Waals surface area contributed by atoms with Crippen molar-refractivity contribution in [2.75, 3.05) is 19.8 Å². The van der Waals surface area contributed by atoms with Crippen molar-refractivity contribution in [3.8, 4) is 11.5 Å². The van der Waals surface area contributed by atoms with Crippen molar-refractivity contribution in [2.24, 2.45) is 0 Å². The predicted molar refractivity (Wildman–Crippen MR) is 59.1 cm³/mol. The van der Waals surface area contributed by atoms with Gasteiger partial charge < -0.3 is 14.6 Å². The smallest absolute Gasteiger partial charge is 0.258 e. The molecular weight excluding hydrogens is 220 g/mol. The third kappa shape index (κ3) is 2.17. The summed E-state index contributed by atoms with van der Waals surface area (Å²) in [4.78, 5) is 8.30. The number of aromatic nitrogens is 3. The van der Waals surface area contributed by atoms with Crippen LogP contribution in [0.15, 0.2) is 29.0 Å². The summed E-state index contributed by atoms with van der Waals surface area (Å²) < 4.78 is 10.6. The Morgan fingerprint density at radius 2 is 2.18 bits per heavy atom. The van der Waals surface area contributed by atoms with Gasteiger partial charge in [0.1, 0.15) is 0 Å². The lowest BCUT2D eigenvalue weighted by atomic mass is 10.2. The molecule has 3 rings (SSSR count). The first-order valence-corrected chi connectivity index (χ1v) is 5.48. The fourth-order valence-corrected chi connectivity index (χ4v) is 1.72. The molecule has 6 heteroatoms. The highest BCUT2D eigenvalue weighted by Crippen LogP contribution is 2.19. The van der Waals surface area contributed by atoms with Gasteiger partial charge in [0.2, 0.25) is 0 Å². The fourth-order valence-electron chi connectivity index (χ4n) is 1.72. The van der Waals surface area contributed by atoms with Crippen molar-refractivity contribution in [1.82, 2.24) is 20.4 Å². The van der Waals surface area contributed by atoms with Crippen LogP contribution in [0.5, 0.6) is 0 Å². The fraction of sp³-hybridized carbons (Fsp3) is 0.364. The molecule has 0 saturated carbocycles. The molecule has 1 fully saturated rings. The number of nitrogens with one attached hydrogen (secondary N) is 1. The lowest BCUT2D eigenvalue weighted by Crippen LogP contribution is -2.35. The minimum absolute atomic E-state index is 0.0167. The standard InChI is InChI=1S/C11H12N4O2/c1-3-12-4-2-8(1)11-14-10(15-17-11)9-7-16-6-5-13-9/h1-4,9,13H,5-7H2. The first-order valence-electron chi connectivity index (χ1n) is 5.48. The lowest BCUT2D eigenvalue weighted by Gasteiger charge is -2.20. The van der Waals surface area contributed by atoms with Gasteiger partial charge in [-0.15, -0.1) is 0 Å². The molecule has 0 amide bonds. The van der Waals surface area contributed by atoms with Crippen LogP contribution < -0.4 is 5.32 Å². The third-order valence-corrected chi connectivity index (χ3v) is 2.60. The summed E-state index contributed by atoms with van der Waals surface area (Å²) in [6.45, 7) is 2.12. The van der Waals surface area contributed by atoms with Gasteiger partial charge in [-0.05, 0) is 12.1 Å². The van der Waals surface area contributed by atoms with E-state index in [9.17, 15) is 0 Å². The van der Waals surface area contributed by atoms with Gasteiger partial charge in [-0.2, -0.15) is 4.98 Å². The molecule has 1 N–H and O–H groups in total. The quantitative estimate of drug-likeness (QED) is 0.825. The minimum Gasteiger partial charge on any atom is -0.378 e. The predicted octanol–water partition coefficient (Wildman–Crippen LogP) is 0.792. The summed E-state index contributed by atoms with van der Waals surface area (Å²) in [5.74, 6) is 1.14. The molecule has 2 aromatic rings. The van der Waals surface area contributed by atoms with Gasteiger partial charge >= 0.3 is 0 Å².